The van der Waals surface area contributed by atoms with Gasteiger partial charge in [-0.3, -0.25) is 4.79 Å². The first-order valence-electron chi connectivity index (χ1n) is 5.24. The maximum absolute atomic E-state index is 11.6. The molecule has 0 saturated carbocycles. The number of amides is 1. The lowest BCUT2D eigenvalue weighted by molar-refractivity contribution is -0.138. The van der Waals surface area contributed by atoms with E-state index in [2.05, 4.69) is 0 Å². The van der Waals surface area contributed by atoms with E-state index >= 15 is 0 Å². The molecule has 1 unspecified atom stereocenters. The molecule has 1 aliphatic rings. The third-order valence-electron chi connectivity index (χ3n) is 2.35. The first-order chi connectivity index (χ1) is 6.59. The molecule has 14 heavy (non-hydrogen) atoms. The molecule has 0 aromatic carbocycles. The highest BCUT2D eigenvalue weighted by atomic mass is 16.5. The topological polar surface area (TPSA) is 55.6 Å². The van der Waals surface area contributed by atoms with Gasteiger partial charge in [0.2, 0.25) is 5.91 Å². The van der Waals surface area contributed by atoms with E-state index in [1.54, 1.807) is 4.90 Å². The molecule has 1 rings (SSSR count). The van der Waals surface area contributed by atoms with Gasteiger partial charge in [0.15, 0.2) is 0 Å². The fourth-order valence-electron chi connectivity index (χ4n) is 1.57. The molecule has 82 valence electrons. The molecule has 0 aliphatic carbocycles. The average Bonchev–Trinajstić information content (AvgIpc) is 2.14. The molecule has 1 amide bonds. The molecule has 4 nitrogen and oxygen atoms in total. The molecular formula is C10H20N2O2. The van der Waals surface area contributed by atoms with Gasteiger partial charge in [-0.15, -0.1) is 0 Å². The summed E-state index contributed by atoms with van der Waals surface area (Å²) in [5, 5.41) is 0. The maximum atomic E-state index is 11.6. The second kappa shape index (κ2) is 5.32. The van der Waals surface area contributed by atoms with Gasteiger partial charge in [0, 0.05) is 19.1 Å². The van der Waals surface area contributed by atoms with Crippen LogP contribution in [0.15, 0.2) is 0 Å². The van der Waals surface area contributed by atoms with Crippen LogP contribution in [-0.4, -0.2) is 42.6 Å². The van der Waals surface area contributed by atoms with Crippen molar-refractivity contribution < 1.29 is 9.53 Å². The number of nitrogens with two attached hydrogens (primary N) is 1. The molecule has 0 bridgehead atoms. The molecule has 1 fully saturated rings. The van der Waals surface area contributed by atoms with Crippen molar-refractivity contribution in [3.8, 4) is 0 Å². The van der Waals surface area contributed by atoms with E-state index in [0.717, 1.165) is 19.4 Å². The highest BCUT2D eigenvalue weighted by molar-refractivity contribution is 5.77. The van der Waals surface area contributed by atoms with Crippen molar-refractivity contribution in [1.29, 1.82) is 0 Å². The van der Waals surface area contributed by atoms with E-state index in [-0.39, 0.29) is 24.7 Å². The lowest BCUT2D eigenvalue weighted by atomic mass is 10.1. The number of carbonyl (C=O) groups excluding carboxylic acids is 1. The summed E-state index contributed by atoms with van der Waals surface area (Å²) in [6.45, 7) is 5.54. The van der Waals surface area contributed by atoms with Crippen LogP contribution in [0.25, 0.3) is 0 Å². The van der Waals surface area contributed by atoms with Crippen molar-refractivity contribution in [2.75, 3.05) is 19.7 Å². The van der Waals surface area contributed by atoms with Gasteiger partial charge >= 0.3 is 0 Å². The Kier molecular flexibility index (Phi) is 4.35. The monoisotopic (exact) mass is 200 g/mol. The van der Waals surface area contributed by atoms with Crippen LogP contribution in [0.4, 0.5) is 0 Å². The predicted octanol–water partition coefficient (Wildman–Crippen LogP) is 0.361. The van der Waals surface area contributed by atoms with E-state index in [1.165, 1.54) is 0 Å². The van der Waals surface area contributed by atoms with E-state index in [9.17, 15) is 4.79 Å². The van der Waals surface area contributed by atoms with Gasteiger partial charge in [-0.05, 0) is 26.7 Å². The summed E-state index contributed by atoms with van der Waals surface area (Å²) in [6.07, 6.45) is 2.14. The molecule has 4 heteroatoms. The Labute approximate surface area is 85.4 Å². The summed E-state index contributed by atoms with van der Waals surface area (Å²) in [7, 11) is 0. The van der Waals surface area contributed by atoms with Crippen LogP contribution < -0.4 is 5.73 Å². The Hall–Kier alpha value is -0.610. The minimum atomic E-state index is 0.0638. The van der Waals surface area contributed by atoms with Gasteiger partial charge in [0.05, 0.1) is 6.10 Å². The third kappa shape index (κ3) is 3.64. The van der Waals surface area contributed by atoms with E-state index < -0.39 is 0 Å². The number of rotatable bonds is 3. The molecule has 1 heterocycles. The van der Waals surface area contributed by atoms with E-state index in [1.807, 2.05) is 13.8 Å². The fraction of sp³-hybridized carbons (Fsp3) is 0.900. The number of piperidine rings is 1. The molecule has 0 aromatic rings. The molecule has 0 aromatic heterocycles. The number of likely N-dealkylation sites (tertiary alicyclic amines) is 1. The SMILES string of the molecule is CC(C)OCC(=O)N1CCCC(N)C1. The number of hydrogen-bond acceptors (Lipinski definition) is 3. The van der Waals surface area contributed by atoms with Crippen molar-refractivity contribution in [1.82, 2.24) is 4.90 Å². The second-order valence-corrected chi connectivity index (χ2v) is 4.10. The number of hydrogen-bond donors (Lipinski definition) is 1. The Balaban J connectivity index is 2.29. The lowest BCUT2D eigenvalue weighted by Crippen LogP contribution is -2.47. The molecule has 0 radical (unpaired) electrons. The normalized spacial score (nSPS) is 22.9. The third-order valence-corrected chi connectivity index (χ3v) is 2.35. The van der Waals surface area contributed by atoms with Crippen LogP contribution >= 0.6 is 0 Å². The van der Waals surface area contributed by atoms with Crippen LogP contribution in [0.1, 0.15) is 26.7 Å². The molecule has 0 spiro atoms. The summed E-state index contributed by atoms with van der Waals surface area (Å²) in [5.74, 6) is 0.0638. The van der Waals surface area contributed by atoms with Crippen LogP contribution in [0, 0.1) is 0 Å². The zero-order chi connectivity index (χ0) is 10.6. The largest absolute Gasteiger partial charge is 0.369 e. The molecule has 2 N–H and O–H groups in total. The zero-order valence-electron chi connectivity index (χ0n) is 9.03. The Morgan fingerprint density at radius 2 is 2.36 bits per heavy atom. The van der Waals surface area contributed by atoms with Crippen molar-refractivity contribution >= 4 is 5.91 Å². The van der Waals surface area contributed by atoms with Crippen molar-refractivity contribution in [3.63, 3.8) is 0 Å². The highest BCUT2D eigenvalue weighted by Gasteiger charge is 2.21. The van der Waals surface area contributed by atoms with Crippen LogP contribution in [0.5, 0.6) is 0 Å². The molecule has 1 atom stereocenters. The van der Waals surface area contributed by atoms with Gasteiger partial charge in [-0.1, -0.05) is 0 Å². The summed E-state index contributed by atoms with van der Waals surface area (Å²) in [5.41, 5.74) is 5.78. The highest BCUT2D eigenvalue weighted by Crippen LogP contribution is 2.08. The first-order valence-corrected chi connectivity index (χ1v) is 5.24. The molecular weight excluding hydrogens is 180 g/mol. The van der Waals surface area contributed by atoms with Crippen molar-refractivity contribution in [2.45, 2.75) is 38.8 Å². The number of ether oxygens (including phenoxy) is 1. The van der Waals surface area contributed by atoms with Gasteiger partial charge in [0.25, 0.3) is 0 Å². The summed E-state index contributed by atoms with van der Waals surface area (Å²) in [6, 6.07) is 0.145. The van der Waals surface area contributed by atoms with Crippen LogP contribution in [0.2, 0.25) is 0 Å². The van der Waals surface area contributed by atoms with Gasteiger partial charge < -0.3 is 15.4 Å². The van der Waals surface area contributed by atoms with Crippen LogP contribution in [0.3, 0.4) is 0 Å². The average molecular weight is 200 g/mol. The Morgan fingerprint density at radius 3 is 2.93 bits per heavy atom. The van der Waals surface area contributed by atoms with E-state index in [0.29, 0.717) is 6.54 Å². The first kappa shape index (κ1) is 11.5. The summed E-state index contributed by atoms with van der Waals surface area (Å²) < 4.78 is 5.26. The van der Waals surface area contributed by atoms with Gasteiger partial charge in [-0.2, -0.15) is 0 Å². The smallest absolute Gasteiger partial charge is 0.248 e. The number of nitrogens with zero attached hydrogens (tertiary/aromatic N) is 1. The van der Waals surface area contributed by atoms with Gasteiger partial charge in [0.1, 0.15) is 6.61 Å². The summed E-state index contributed by atoms with van der Waals surface area (Å²) in [4.78, 5) is 13.4. The predicted molar refractivity (Wildman–Crippen MR) is 54.9 cm³/mol. The van der Waals surface area contributed by atoms with Crippen LogP contribution in [-0.2, 0) is 9.53 Å². The molecule has 1 saturated heterocycles. The maximum Gasteiger partial charge on any atom is 0.248 e. The van der Waals surface area contributed by atoms with Crippen molar-refractivity contribution in [2.24, 2.45) is 5.73 Å². The summed E-state index contributed by atoms with van der Waals surface area (Å²) >= 11 is 0. The number of carbonyl (C=O) groups is 1. The standard InChI is InChI=1S/C10H20N2O2/c1-8(2)14-7-10(13)12-5-3-4-9(11)6-12/h8-9H,3-7,11H2,1-2H3. The molecule has 1 aliphatic heterocycles. The van der Waals surface area contributed by atoms with E-state index in [4.69, 9.17) is 10.5 Å². The minimum absolute atomic E-state index is 0.0638. The second-order valence-electron chi connectivity index (χ2n) is 4.10. The minimum Gasteiger partial charge on any atom is -0.369 e. The quantitative estimate of drug-likeness (QED) is 0.715. The Bertz CT molecular complexity index is 195. The Morgan fingerprint density at radius 1 is 1.64 bits per heavy atom. The fourth-order valence-corrected chi connectivity index (χ4v) is 1.57. The van der Waals surface area contributed by atoms with Gasteiger partial charge in [-0.25, -0.2) is 0 Å². The lowest BCUT2D eigenvalue weighted by Gasteiger charge is -2.30. The zero-order valence-corrected chi connectivity index (χ0v) is 9.03. The van der Waals surface area contributed by atoms with Crippen molar-refractivity contribution in [3.05, 3.63) is 0 Å².